The van der Waals surface area contributed by atoms with Crippen LogP contribution in [0.25, 0.3) is 0 Å². The van der Waals surface area contributed by atoms with Crippen molar-refractivity contribution in [1.82, 2.24) is 0 Å². The Morgan fingerprint density at radius 3 is 0.439 bits per heavy atom. The molecule has 0 heterocycles. The van der Waals surface area contributed by atoms with Crippen LogP contribution in [0.1, 0.15) is 0 Å². The SMILES string of the molecule is [PH-]PP(P([PH-])P)P(P(P)P)P(P(P(P(P)P)P(P)P)P(P(P)P)P(P)P)P(P(P(P(P)P)P(P)P)P(P(P)P)P(P)P)P(P(P(P)P)P(P)P)P(P(P)P)P(P)P. The molecule has 32 atom stereocenters. The first-order valence-corrected chi connectivity index (χ1v) is 116. The molecule has 0 aliphatic heterocycles. The van der Waals surface area contributed by atoms with Crippen molar-refractivity contribution in [2.75, 3.05) is 0 Å². The topological polar surface area (TPSA) is 0 Å². The summed E-state index contributed by atoms with van der Waals surface area (Å²) in [5, 5.41) is 0. The van der Waals surface area contributed by atoms with Crippen LogP contribution in [0.15, 0.2) is 0 Å². The van der Waals surface area contributed by atoms with Gasteiger partial charge in [0.15, 0.2) is 0 Å². The molecule has 0 fully saturated rings. The van der Waals surface area contributed by atoms with Crippen molar-refractivity contribution in [3.8, 4) is 0 Å². The minimum atomic E-state index is -0.315. The number of hydrogen-bond donors (Lipinski definition) is 0. The van der Waals surface area contributed by atoms with Gasteiger partial charge in [-0.15, -0.1) is 241 Å². The van der Waals surface area contributed by atoms with Gasteiger partial charge in [-0.1, -0.05) is 6.99 Å². The third-order valence-corrected chi connectivity index (χ3v) is 398. The standard InChI is InChI=1S/H57P57/c1-30-45(31(2)3)52(44(28)29)56(53(46(32(4)5)33(6)7)47(34(8)9)35(10)11)57(54(48(36(12)13)37(14)15)49(38(16)17)39(18)19)55(50(40(20)21)41(22)23)51(42(24)25)43(26)27/h1-2,30H,3-29H2/q-2. The average Bonchev–Trinajstić information content (AvgIpc) is 2.99. The Morgan fingerprint density at radius 1 is 0.211 bits per heavy atom. The Hall–Kier alpha value is 24.5. The van der Waals surface area contributed by atoms with E-state index in [1.54, 1.807) is 0 Å². The fraction of sp³-hybridized carbons (Fsp3) is 0. The molecule has 0 aromatic rings. The van der Waals surface area contributed by atoms with Crippen LogP contribution in [0.5, 0.6) is 0 Å². The van der Waals surface area contributed by atoms with E-state index >= 15 is 0 Å². The molecular weight excluding hydrogens is 1770 g/mol. The van der Waals surface area contributed by atoms with Crippen molar-refractivity contribution in [3.05, 3.63) is 0 Å². The zero-order chi connectivity index (χ0) is 45.3. The zero-order valence-electron chi connectivity index (χ0n) is 29.2. The normalized spacial score (nSPS) is 16.6. The van der Waals surface area contributed by atoms with E-state index in [-0.39, 0.29) is 189 Å². The lowest BCUT2D eigenvalue weighted by Crippen LogP contribution is -1.72. The lowest BCUT2D eigenvalue weighted by atomic mass is 28.4. The van der Waals surface area contributed by atoms with E-state index in [4.69, 9.17) is 0 Å². The Bertz CT molecular complexity index is 863. The fourth-order valence-electron chi connectivity index (χ4n) is 3.35. The molecule has 0 aliphatic carbocycles. The van der Waals surface area contributed by atoms with Gasteiger partial charge < -0.3 is 17.9 Å². The number of rotatable bonds is 27. The maximum absolute atomic E-state index is 4.53. The highest BCUT2D eigenvalue weighted by molar-refractivity contribution is 9.53. The molecule has 0 amide bonds. The van der Waals surface area contributed by atoms with Crippen molar-refractivity contribution in [3.63, 3.8) is 0 Å². The second-order valence-corrected chi connectivity index (χ2v) is 240. The summed E-state index contributed by atoms with van der Waals surface area (Å²) in [6.45, 7) is -6.06. The molecular formula is H57P57-2. The summed E-state index contributed by atoms with van der Waals surface area (Å²) in [7, 11) is 105. The number of hydrogen-bond acceptors (Lipinski definition) is 0. The molecule has 0 spiro atoms. The van der Waals surface area contributed by atoms with Gasteiger partial charge in [-0.05, 0) is 175 Å². The van der Waals surface area contributed by atoms with Gasteiger partial charge in [0.05, 0.1) is 0 Å². The second kappa shape index (κ2) is 44.9. The van der Waals surface area contributed by atoms with E-state index in [1.165, 1.54) is 0 Å². The summed E-state index contributed by atoms with van der Waals surface area (Å²) >= 11 is 0. The lowest BCUT2D eigenvalue weighted by molar-refractivity contribution is 4.34. The highest BCUT2D eigenvalue weighted by Gasteiger charge is 2.60. The van der Waals surface area contributed by atoms with Gasteiger partial charge in [0.2, 0.25) is 0 Å². The monoisotopic (exact) mass is 1820 g/mol. The molecule has 0 radical (unpaired) electrons. The summed E-state index contributed by atoms with van der Waals surface area (Å²) < 4.78 is 0. The predicted octanol–water partition coefficient (Wildman–Crippen LogP) is 33.8. The van der Waals surface area contributed by atoms with Crippen molar-refractivity contribution in [1.29, 1.82) is 0 Å². The molecule has 0 saturated heterocycles. The van der Waals surface area contributed by atoms with E-state index in [2.05, 4.69) is 259 Å². The highest BCUT2D eigenvalue weighted by atomic mass is 33.6. The van der Waals surface area contributed by atoms with E-state index in [0.717, 1.165) is 7.96 Å². The van der Waals surface area contributed by atoms with Crippen LogP contribution < -0.4 is 0 Å². The molecule has 0 bridgehead atoms. The van der Waals surface area contributed by atoms with Gasteiger partial charge in [-0.3, -0.25) is 7.96 Å². The van der Waals surface area contributed by atoms with Gasteiger partial charge in [-0.2, -0.15) is 0 Å². The maximum Gasteiger partial charge on any atom is -0.0000154 e. The summed E-state index contributed by atoms with van der Waals surface area (Å²) in [4.78, 5) is 0. The predicted molar refractivity (Wildman–Crippen MR) is 474 cm³/mol. The highest BCUT2D eigenvalue weighted by Crippen LogP contribution is 3.47. The molecule has 0 rings (SSSR count). The molecule has 57 heteroatoms. The molecule has 0 aromatic carbocycles. The van der Waals surface area contributed by atoms with Crippen LogP contribution in [-0.2, 0) is 0 Å². The molecule has 0 aliphatic rings. The summed E-state index contributed by atoms with van der Waals surface area (Å²) in [5.41, 5.74) is 0. The Kier molecular flexibility index (Phi) is 64.2. The minimum absolute atomic E-state index is 0.176. The molecule has 344 valence electrons. The van der Waals surface area contributed by atoms with Crippen molar-refractivity contribution in [2.45, 2.75) is 0 Å². The van der Waals surface area contributed by atoms with E-state index < -0.39 is 0 Å². The first-order valence-electron chi connectivity index (χ1n) is 12.9. The largest absolute Gasteiger partial charge is 0.524 e. The third kappa shape index (κ3) is 29.1. The molecule has 0 saturated carbocycles. The van der Waals surface area contributed by atoms with Crippen LogP contribution >= 0.6 is 456 Å². The van der Waals surface area contributed by atoms with Crippen molar-refractivity contribution >= 4 is 456 Å². The van der Waals surface area contributed by atoms with Crippen molar-refractivity contribution in [2.24, 2.45) is 0 Å². The lowest BCUT2D eigenvalue weighted by Gasteiger charge is -2.60. The van der Waals surface area contributed by atoms with E-state index in [1.807, 2.05) is 0 Å². The minimum Gasteiger partial charge on any atom is -0.524 e. The maximum atomic E-state index is 4.53. The Morgan fingerprint density at radius 2 is 0.333 bits per heavy atom. The zero-order valence-corrected chi connectivity index (χ0v) is 87.5. The van der Waals surface area contributed by atoms with Crippen LogP contribution in [0, 0.1) is 0 Å². The average molecular weight is 1820 g/mol. The van der Waals surface area contributed by atoms with E-state index in [9.17, 15) is 0 Å². The quantitative estimate of drug-likeness (QED) is 0.0719. The van der Waals surface area contributed by atoms with Gasteiger partial charge >= 0.3 is 0 Å². The Labute approximate surface area is 448 Å². The van der Waals surface area contributed by atoms with Gasteiger partial charge in [0.1, 0.15) is 0 Å². The summed E-state index contributed by atoms with van der Waals surface area (Å²) in [6, 6.07) is 0. The van der Waals surface area contributed by atoms with Crippen molar-refractivity contribution < 1.29 is 0 Å². The van der Waals surface area contributed by atoms with Gasteiger partial charge in [0, 0.05) is 0 Å². The summed E-state index contributed by atoms with van der Waals surface area (Å²) in [6.07, 6.45) is 0. The molecule has 0 aromatic heterocycles. The van der Waals surface area contributed by atoms with Crippen LogP contribution in [-0.4, -0.2) is 0 Å². The second-order valence-electron chi connectivity index (χ2n) is 8.91. The van der Waals surface area contributed by atoms with Crippen LogP contribution in [0.3, 0.4) is 0 Å². The Balaban J connectivity index is 10.3. The molecule has 0 nitrogen and oxygen atoms in total. The fourth-order valence-corrected chi connectivity index (χ4v) is 814. The first-order chi connectivity index (χ1) is 25.9. The van der Waals surface area contributed by atoms with E-state index in [0.29, 0.717) is 0 Å². The molecule has 32 unspecified atom stereocenters. The first kappa shape index (κ1) is 81.5. The van der Waals surface area contributed by atoms with Gasteiger partial charge in [-0.25, -0.2) is 6.99 Å². The van der Waals surface area contributed by atoms with Crippen LogP contribution in [0.2, 0.25) is 0 Å². The third-order valence-electron chi connectivity index (χ3n) is 4.92. The molecule has 57 heavy (non-hydrogen) atoms. The molecule has 0 N–H and O–H groups in total. The summed E-state index contributed by atoms with van der Waals surface area (Å²) in [5.74, 6) is 0. The van der Waals surface area contributed by atoms with Crippen LogP contribution in [0.4, 0.5) is 0 Å². The van der Waals surface area contributed by atoms with Gasteiger partial charge in [0.25, 0.3) is 0 Å². The smallest absolute Gasteiger partial charge is 0.0000154 e.